The minimum Gasteiger partial charge on any atom is -0.345 e. The number of hydrogen-bond acceptors (Lipinski definition) is 3. The average molecular weight is 255 g/mol. The lowest BCUT2D eigenvalue weighted by Crippen LogP contribution is -2.28. The van der Waals surface area contributed by atoms with Crippen molar-refractivity contribution in [1.29, 1.82) is 5.26 Å². The van der Waals surface area contributed by atoms with Crippen LogP contribution in [-0.4, -0.2) is 34.2 Å². The van der Waals surface area contributed by atoms with Gasteiger partial charge < -0.3 is 4.90 Å². The summed E-state index contributed by atoms with van der Waals surface area (Å²) >= 11 is 5.86. The lowest BCUT2D eigenvalue weighted by Gasteiger charge is -2.15. The third-order valence-electron chi connectivity index (χ3n) is 2.57. The van der Waals surface area contributed by atoms with Gasteiger partial charge in [0.25, 0.3) is 0 Å². The fraction of sp³-hybridized carbons (Fsp3) is 0.545. The van der Waals surface area contributed by atoms with Crippen LogP contribution in [0.25, 0.3) is 0 Å². The van der Waals surface area contributed by atoms with E-state index in [0.29, 0.717) is 31.0 Å². The Morgan fingerprint density at radius 1 is 1.71 bits per heavy atom. The van der Waals surface area contributed by atoms with Crippen molar-refractivity contribution in [3.05, 3.63) is 16.9 Å². The van der Waals surface area contributed by atoms with E-state index in [1.54, 1.807) is 22.8 Å². The lowest BCUT2D eigenvalue weighted by molar-refractivity contribution is -0.130. The molecular weight excluding hydrogens is 240 g/mol. The van der Waals surface area contributed by atoms with E-state index in [1.807, 2.05) is 13.0 Å². The molecule has 1 heterocycles. The number of aryl methyl sites for hydroxylation is 1. The summed E-state index contributed by atoms with van der Waals surface area (Å²) in [6, 6.07) is 2.01. The van der Waals surface area contributed by atoms with Crippen LogP contribution in [0.15, 0.2) is 6.20 Å². The number of nitriles is 1. The topological polar surface area (TPSA) is 61.9 Å². The molecule has 92 valence electrons. The number of aromatic nitrogens is 2. The van der Waals surface area contributed by atoms with Gasteiger partial charge in [-0.25, -0.2) is 0 Å². The SMILES string of the molecule is Cc1c(Cl)cnn1CCC(=O)N(C)CCC#N. The van der Waals surface area contributed by atoms with E-state index < -0.39 is 0 Å². The Balaban J connectivity index is 2.43. The van der Waals surface area contributed by atoms with Gasteiger partial charge >= 0.3 is 0 Å². The normalized spacial score (nSPS) is 10.0. The predicted molar refractivity (Wildman–Crippen MR) is 64.5 cm³/mol. The average Bonchev–Trinajstić information content (AvgIpc) is 2.64. The number of amides is 1. The van der Waals surface area contributed by atoms with Crippen LogP contribution in [0.1, 0.15) is 18.5 Å². The van der Waals surface area contributed by atoms with Crippen LogP contribution in [0.3, 0.4) is 0 Å². The summed E-state index contributed by atoms with van der Waals surface area (Å²) in [7, 11) is 1.70. The van der Waals surface area contributed by atoms with E-state index in [4.69, 9.17) is 16.9 Å². The van der Waals surface area contributed by atoms with Crippen molar-refractivity contribution in [3.63, 3.8) is 0 Å². The molecule has 0 aromatic carbocycles. The Morgan fingerprint density at radius 2 is 2.41 bits per heavy atom. The lowest BCUT2D eigenvalue weighted by atomic mass is 10.3. The van der Waals surface area contributed by atoms with Crippen molar-refractivity contribution in [2.75, 3.05) is 13.6 Å². The van der Waals surface area contributed by atoms with Crippen LogP contribution < -0.4 is 0 Å². The second-order valence-corrected chi connectivity index (χ2v) is 4.18. The first-order chi connectivity index (χ1) is 8.06. The third kappa shape index (κ3) is 3.75. The second-order valence-electron chi connectivity index (χ2n) is 3.77. The summed E-state index contributed by atoms with van der Waals surface area (Å²) in [4.78, 5) is 13.2. The van der Waals surface area contributed by atoms with Gasteiger partial charge in [-0.1, -0.05) is 11.6 Å². The summed E-state index contributed by atoms with van der Waals surface area (Å²) in [6.07, 6.45) is 2.29. The molecule has 17 heavy (non-hydrogen) atoms. The monoisotopic (exact) mass is 254 g/mol. The third-order valence-corrected chi connectivity index (χ3v) is 2.94. The number of carbonyl (C=O) groups excluding carboxylic acids is 1. The molecule has 0 radical (unpaired) electrons. The first-order valence-corrected chi connectivity index (χ1v) is 5.73. The first-order valence-electron chi connectivity index (χ1n) is 5.35. The summed E-state index contributed by atoms with van der Waals surface area (Å²) in [5, 5.41) is 13.1. The number of halogens is 1. The van der Waals surface area contributed by atoms with Gasteiger partial charge in [-0.05, 0) is 6.92 Å². The van der Waals surface area contributed by atoms with E-state index in [1.165, 1.54) is 0 Å². The van der Waals surface area contributed by atoms with Crippen LogP contribution >= 0.6 is 11.6 Å². The quantitative estimate of drug-likeness (QED) is 0.802. The van der Waals surface area contributed by atoms with Gasteiger partial charge in [-0.2, -0.15) is 10.4 Å². The highest BCUT2D eigenvalue weighted by molar-refractivity contribution is 6.31. The highest BCUT2D eigenvalue weighted by Crippen LogP contribution is 2.13. The molecule has 0 aliphatic rings. The van der Waals surface area contributed by atoms with Crippen LogP contribution in [0.4, 0.5) is 0 Å². The van der Waals surface area contributed by atoms with Crippen molar-refractivity contribution in [2.45, 2.75) is 26.3 Å². The summed E-state index contributed by atoms with van der Waals surface area (Å²) in [6.45, 7) is 2.83. The van der Waals surface area contributed by atoms with Crippen LogP contribution in [0.2, 0.25) is 5.02 Å². The molecule has 6 heteroatoms. The fourth-order valence-electron chi connectivity index (χ4n) is 1.38. The highest BCUT2D eigenvalue weighted by atomic mass is 35.5. The molecule has 1 aromatic heterocycles. The first kappa shape index (κ1) is 13.5. The maximum Gasteiger partial charge on any atom is 0.224 e. The summed E-state index contributed by atoms with van der Waals surface area (Å²) < 4.78 is 1.71. The van der Waals surface area contributed by atoms with E-state index in [0.717, 1.165) is 5.69 Å². The molecule has 0 bridgehead atoms. The predicted octanol–water partition coefficient (Wildman–Crippen LogP) is 1.61. The van der Waals surface area contributed by atoms with Gasteiger partial charge in [0.05, 0.1) is 35.9 Å². The van der Waals surface area contributed by atoms with Crippen molar-refractivity contribution in [1.82, 2.24) is 14.7 Å². The minimum absolute atomic E-state index is 0.00581. The standard InChI is InChI=1S/C11H15ClN4O/c1-9-10(12)8-14-16(9)7-4-11(17)15(2)6-3-5-13/h8H,3-4,6-7H2,1-2H3. The molecule has 5 nitrogen and oxygen atoms in total. The highest BCUT2D eigenvalue weighted by Gasteiger charge is 2.10. The molecule has 1 amide bonds. The van der Waals surface area contributed by atoms with E-state index in [9.17, 15) is 4.79 Å². The molecule has 0 spiro atoms. The van der Waals surface area contributed by atoms with Crippen molar-refractivity contribution in [3.8, 4) is 6.07 Å². The van der Waals surface area contributed by atoms with Crippen molar-refractivity contribution in [2.24, 2.45) is 0 Å². The van der Waals surface area contributed by atoms with E-state index in [2.05, 4.69) is 5.10 Å². The smallest absolute Gasteiger partial charge is 0.224 e. The zero-order valence-electron chi connectivity index (χ0n) is 9.98. The maximum atomic E-state index is 11.7. The number of rotatable bonds is 5. The zero-order chi connectivity index (χ0) is 12.8. The maximum absolute atomic E-state index is 11.7. The van der Waals surface area contributed by atoms with Gasteiger partial charge in [0.2, 0.25) is 5.91 Å². The Labute approximate surface area is 106 Å². The Kier molecular flexibility index (Phi) is 4.98. The summed E-state index contributed by atoms with van der Waals surface area (Å²) in [5.41, 5.74) is 0.860. The van der Waals surface area contributed by atoms with Crippen LogP contribution in [0.5, 0.6) is 0 Å². The number of nitrogens with zero attached hydrogens (tertiary/aromatic N) is 4. The fourth-order valence-corrected chi connectivity index (χ4v) is 1.53. The molecule has 0 atom stereocenters. The van der Waals surface area contributed by atoms with Gasteiger partial charge in [-0.15, -0.1) is 0 Å². The molecule has 0 aliphatic carbocycles. The molecule has 0 saturated heterocycles. The minimum atomic E-state index is 0.00581. The van der Waals surface area contributed by atoms with Gasteiger partial charge in [0.15, 0.2) is 0 Å². The molecule has 0 fully saturated rings. The number of hydrogen-bond donors (Lipinski definition) is 0. The second kappa shape index (κ2) is 6.26. The number of carbonyl (C=O) groups is 1. The van der Waals surface area contributed by atoms with Gasteiger partial charge in [-0.3, -0.25) is 9.48 Å². The zero-order valence-corrected chi connectivity index (χ0v) is 10.7. The Hall–Kier alpha value is -1.54. The molecule has 1 rings (SSSR count). The molecule has 0 aliphatic heterocycles. The van der Waals surface area contributed by atoms with Crippen molar-refractivity contribution < 1.29 is 4.79 Å². The summed E-state index contributed by atoms with van der Waals surface area (Å²) in [5.74, 6) is 0.00581. The molecule has 0 saturated carbocycles. The largest absolute Gasteiger partial charge is 0.345 e. The molecule has 1 aromatic rings. The Morgan fingerprint density at radius 3 is 2.94 bits per heavy atom. The van der Waals surface area contributed by atoms with Crippen LogP contribution in [-0.2, 0) is 11.3 Å². The van der Waals surface area contributed by atoms with Gasteiger partial charge in [0.1, 0.15) is 0 Å². The van der Waals surface area contributed by atoms with E-state index >= 15 is 0 Å². The molecular formula is C11H15ClN4O. The molecule has 0 unspecified atom stereocenters. The van der Waals surface area contributed by atoms with E-state index in [-0.39, 0.29) is 5.91 Å². The van der Waals surface area contributed by atoms with Crippen LogP contribution in [0, 0.1) is 18.3 Å². The van der Waals surface area contributed by atoms with Gasteiger partial charge in [0, 0.05) is 20.0 Å². The Bertz CT molecular complexity index is 435. The molecule has 0 N–H and O–H groups in total. The van der Waals surface area contributed by atoms with Crippen molar-refractivity contribution >= 4 is 17.5 Å².